The summed E-state index contributed by atoms with van der Waals surface area (Å²) in [6.07, 6.45) is 5.17. The van der Waals surface area contributed by atoms with Crippen LogP contribution >= 0.6 is 23.2 Å². The number of hydrogen-bond acceptors (Lipinski definition) is 4. The zero-order chi connectivity index (χ0) is 28.7. The lowest BCUT2D eigenvalue weighted by atomic mass is 10.1. The van der Waals surface area contributed by atoms with Crippen LogP contribution in [0.15, 0.2) is 36.4 Å². The average Bonchev–Trinajstić information content (AvgIpc) is 3.37. The molecule has 0 spiro atoms. The predicted molar refractivity (Wildman–Crippen MR) is 149 cm³/mol. The summed E-state index contributed by atoms with van der Waals surface area (Å²) in [5, 5.41) is 3.85. The van der Waals surface area contributed by atoms with Crippen LogP contribution in [0.3, 0.4) is 0 Å². The van der Waals surface area contributed by atoms with Crippen LogP contribution in [0.4, 0.5) is 14.5 Å². The van der Waals surface area contributed by atoms with Gasteiger partial charge in [0.15, 0.2) is 11.6 Å². The van der Waals surface area contributed by atoms with Crippen molar-refractivity contribution in [3.63, 3.8) is 0 Å². The van der Waals surface area contributed by atoms with Gasteiger partial charge < -0.3 is 10.2 Å². The van der Waals surface area contributed by atoms with E-state index >= 15 is 0 Å². The van der Waals surface area contributed by atoms with Crippen molar-refractivity contribution in [3.05, 3.63) is 63.6 Å². The van der Waals surface area contributed by atoms with Crippen LogP contribution < -0.4 is 9.62 Å². The summed E-state index contributed by atoms with van der Waals surface area (Å²) in [5.41, 5.74) is 0.567. The molecule has 3 rings (SSSR count). The second-order valence-corrected chi connectivity index (χ2v) is 12.5. The standard InChI is InChI=1S/C27H33Cl2F2N3O4S/c1-3-25(27(36)32-20-7-4-5-8-20)33(17-18-10-11-19(28)15-22(18)29)26(35)9-6-14-34(39(2,37)38)21-12-13-23(30)24(31)16-21/h10-13,15-16,20,25H,3-9,14,17H2,1-2H3,(H,32,36)/t25-/m1/s1. The van der Waals surface area contributed by atoms with E-state index in [9.17, 15) is 26.8 Å². The molecular weight excluding hydrogens is 571 g/mol. The maximum absolute atomic E-state index is 13.8. The first-order valence-corrected chi connectivity index (χ1v) is 15.5. The fourth-order valence-corrected chi connectivity index (χ4v) is 6.19. The third kappa shape index (κ3) is 8.53. The quantitative estimate of drug-likeness (QED) is 0.338. The van der Waals surface area contributed by atoms with Gasteiger partial charge in [-0.15, -0.1) is 0 Å². The molecule has 1 atom stereocenters. The minimum atomic E-state index is -3.85. The molecule has 1 aliphatic rings. The third-order valence-corrected chi connectivity index (χ3v) is 8.57. The van der Waals surface area contributed by atoms with E-state index in [1.807, 2.05) is 6.92 Å². The first-order chi connectivity index (χ1) is 18.4. The molecular formula is C27H33Cl2F2N3O4S. The lowest BCUT2D eigenvalue weighted by molar-refractivity contribution is -0.141. The Morgan fingerprint density at radius 3 is 2.36 bits per heavy atom. The van der Waals surface area contributed by atoms with Crippen molar-refractivity contribution in [2.75, 3.05) is 17.1 Å². The van der Waals surface area contributed by atoms with Gasteiger partial charge in [0.2, 0.25) is 21.8 Å². The zero-order valence-corrected chi connectivity index (χ0v) is 24.3. The van der Waals surface area contributed by atoms with Crippen molar-refractivity contribution in [2.24, 2.45) is 0 Å². The van der Waals surface area contributed by atoms with Gasteiger partial charge in [0, 0.05) is 41.7 Å². The summed E-state index contributed by atoms with van der Waals surface area (Å²) in [6.45, 7) is 1.73. The number of carbonyl (C=O) groups excluding carboxylic acids is 2. The minimum absolute atomic E-state index is 0.0453. The SMILES string of the molecule is CC[C@H](C(=O)NC1CCCC1)N(Cc1ccc(Cl)cc1Cl)C(=O)CCCN(c1ccc(F)c(F)c1)S(C)(=O)=O. The van der Waals surface area contributed by atoms with Crippen molar-refractivity contribution < 1.29 is 26.8 Å². The van der Waals surface area contributed by atoms with Crippen LogP contribution in [0.1, 0.15) is 57.4 Å². The molecule has 214 valence electrons. The summed E-state index contributed by atoms with van der Waals surface area (Å²) in [6, 6.07) is 7.03. The molecule has 0 aromatic heterocycles. The van der Waals surface area contributed by atoms with Gasteiger partial charge in [0.1, 0.15) is 6.04 Å². The number of rotatable bonds is 12. The fraction of sp³-hybridized carbons (Fsp3) is 0.481. The lowest BCUT2D eigenvalue weighted by Gasteiger charge is -2.32. The van der Waals surface area contributed by atoms with E-state index in [2.05, 4.69) is 5.32 Å². The first kappa shape index (κ1) is 31.1. The highest BCUT2D eigenvalue weighted by molar-refractivity contribution is 7.92. The Kier molecular flexibility index (Phi) is 11.0. The lowest BCUT2D eigenvalue weighted by Crippen LogP contribution is -2.51. The van der Waals surface area contributed by atoms with Gasteiger partial charge in [0.25, 0.3) is 0 Å². The fourth-order valence-electron chi connectivity index (χ4n) is 4.76. The molecule has 0 aliphatic heterocycles. The molecule has 0 bridgehead atoms. The molecule has 2 amide bonds. The van der Waals surface area contributed by atoms with Crippen LogP contribution in [-0.4, -0.2) is 50.0 Å². The zero-order valence-electron chi connectivity index (χ0n) is 21.9. The van der Waals surface area contributed by atoms with Gasteiger partial charge in [-0.2, -0.15) is 0 Å². The molecule has 1 saturated carbocycles. The van der Waals surface area contributed by atoms with Crippen molar-refractivity contribution >= 4 is 50.7 Å². The summed E-state index contributed by atoms with van der Waals surface area (Å²) in [5.74, 6) is -2.89. The number of nitrogens with one attached hydrogen (secondary N) is 1. The second-order valence-electron chi connectivity index (χ2n) is 9.71. The molecule has 2 aromatic rings. The Bertz CT molecular complexity index is 1290. The summed E-state index contributed by atoms with van der Waals surface area (Å²) < 4.78 is 52.9. The van der Waals surface area contributed by atoms with Crippen LogP contribution in [0.5, 0.6) is 0 Å². The topological polar surface area (TPSA) is 86.8 Å². The van der Waals surface area contributed by atoms with Crippen LogP contribution in [-0.2, 0) is 26.2 Å². The average molecular weight is 605 g/mol. The Labute approximate surface area is 238 Å². The first-order valence-electron chi connectivity index (χ1n) is 12.9. The van der Waals surface area contributed by atoms with Crippen LogP contribution in [0, 0.1) is 11.6 Å². The van der Waals surface area contributed by atoms with Gasteiger partial charge in [-0.3, -0.25) is 13.9 Å². The molecule has 0 heterocycles. The van der Waals surface area contributed by atoms with E-state index in [1.54, 1.807) is 18.2 Å². The summed E-state index contributed by atoms with van der Waals surface area (Å²) in [7, 11) is -3.85. The number of sulfonamides is 1. The van der Waals surface area contributed by atoms with Crippen molar-refractivity contribution in [1.29, 1.82) is 0 Å². The van der Waals surface area contributed by atoms with Gasteiger partial charge in [-0.1, -0.05) is 49.0 Å². The van der Waals surface area contributed by atoms with Crippen molar-refractivity contribution in [3.8, 4) is 0 Å². The molecule has 0 radical (unpaired) electrons. The van der Waals surface area contributed by atoms with Gasteiger partial charge >= 0.3 is 0 Å². The van der Waals surface area contributed by atoms with Crippen LogP contribution in [0.2, 0.25) is 10.0 Å². The van der Waals surface area contributed by atoms with Gasteiger partial charge in [-0.05, 0) is 55.5 Å². The predicted octanol–water partition coefficient (Wildman–Crippen LogP) is 5.68. The number of anilines is 1. The monoisotopic (exact) mass is 603 g/mol. The minimum Gasteiger partial charge on any atom is -0.352 e. The summed E-state index contributed by atoms with van der Waals surface area (Å²) >= 11 is 12.4. The van der Waals surface area contributed by atoms with E-state index in [1.165, 1.54) is 4.90 Å². The molecule has 1 fully saturated rings. The third-order valence-electron chi connectivity index (χ3n) is 6.79. The molecule has 0 saturated heterocycles. The highest BCUT2D eigenvalue weighted by Crippen LogP contribution is 2.26. The Morgan fingerprint density at radius 2 is 1.77 bits per heavy atom. The molecule has 7 nitrogen and oxygen atoms in total. The molecule has 1 aliphatic carbocycles. The van der Waals surface area contributed by atoms with Crippen molar-refractivity contribution in [1.82, 2.24) is 10.2 Å². The number of carbonyl (C=O) groups is 2. The Hall–Kier alpha value is -2.43. The number of amides is 2. The van der Waals surface area contributed by atoms with Crippen molar-refractivity contribution in [2.45, 2.75) is 70.5 Å². The molecule has 12 heteroatoms. The Morgan fingerprint density at radius 1 is 1.08 bits per heavy atom. The largest absolute Gasteiger partial charge is 0.352 e. The molecule has 39 heavy (non-hydrogen) atoms. The van der Waals surface area contributed by atoms with E-state index in [0.29, 0.717) is 22.0 Å². The molecule has 1 N–H and O–H groups in total. The van der Waals surface area contributed by atoms with E-state index in [0.717, 1.165) is 54.4 Å². The number of halogens is 4. The second kappa shape index (κ2) is 13.8. The highest BCUT2D eigenvalue weighted by atomic mass is 35.5. The van der Waals surface area contributed by atoms with Gasteiger partial charge in [-0.25, -0.2) is 17.2 Å². The number of hydrogen-bond donors (Lipinski definition) is 1. The van der Waals surface area contributed by atoms with Gasteiger partial charge in [0.05, 0.1) is 11.9 Å². The number of benzene rings is 2. The van der Waals surface area contributed by atoms with Crippen LogP contribution in [0.25, 0.3) is 0 Å². The molecule has 2 aromatic carbocycles. The van der Waals surface area contributed by atoms with E-state index < -0.39 is 27.7 Å². The Balaban J connectivity index is 1.79. The molecule has 0 unspecified atom stereocenters. The normalized spacial score (nSPS) is 14.7. The highest BCUT2D eigenvalue weighted by Gasteiger charge is 2.31. The van der Waals surface area contributed by atoms with E-state index in [4.69, 9.17) is 23.2 Å². The smallest absolute Gasteiger partial charge is 0.243 e. The maximum Gasteiger partial charge on any atom is 0.243 e. The number of nitrogens with zero attached hydrogens (tertiary/aromatic N) is 2. The maximum atomic E-state index is 13.8. The van der Waals surface area contributed by atoms with E-state index in [-0.39, 0.29) is 49.5 Å². The summed E-state index contributed by atoms with van der Waals surface area (Å²) in [4.78, 5) is 28.2.